The molecule has 0 saturated heterocycles. The van der Waals surface area contributed by atoms with Crippen molar-refractivity contribution in [3.8, 4) is 11.5 Å². The predicted octanol–water partition coefficient (Wildman–Crippen LogP) is 3.98. The molecule has 26 heavy (non-hydrogen) atoms. The molecule has 1 fully saturated rings. The molecule has 1 aliphatic carbocycles. The van der Waals surface area contributed by atoms with E-state index in [9.17, 15) is 4.79 Å². The van der Waals surface area contributed by atoms with Crippen LogP contribution in [0.2, 0.25) is 0 Å². The summed E-state index contributed by atoms with van der Waals surface area (Å²) in [5.74, 6) is 1.01. The van der Waals surface area contributed by atoms with Gasteiger partial charge in [0.2, 0.25) is 0 Å². The highest BCUT2D eigenvalue weighted by molar-refractivity contribution is 5.68. The molecule has 140 valence electrons. The van der Waals surface area contributed by atoms with Gasteiger partial charge in [-0.15, -0.1) is 0 Å². The van der Waals surface area contributed by atoms with E-state index in [4.69, 9.17) is 9.26 Å². The normalized spacial score (nSPS) is 20.4. The quantitative estimate of drug-likeness (QED) is 0.859. The number of benzene rings is 1. The third-order valence-corrected chi connectivity index (χ3v) is 4.23. The molecule has 0 atom stereocenters. The molecular formula is C19H26N4O3. The van der Waals surface area contributed by atoms with Crippen molar-refractivity contribution < 1.29 is 14.1 Å². The minimum atomic E-state index is -0.474. The van der Waals surface area contributed by atoms with Gasteiger partial charge in [0, 0.05) is 17.6 Å². The number of carbonyl (C=O) groups excluding carboxylic acids is 1. The highest BCUT2D eigenvalue weighted by atomic mass is 16.6. The van der Waals surface area contributed by atoms with Crippen molar-refractivity contribution in [3.63, 3.8) is 0 Å². The van der Waals surface area contributed by atoms with E-state index in [1.54, 1.807) is 0 Å². The summed E-state index contributed by atoms with van der Waals surface area (Å²) in [4.78, 5) is 16.3. The number of nitrogens with zero attached hydrogens (tertiary/aromatic N) is 2. The third kappa shape index (κ3) is 5.21. The molecule has 1 aromatic heterocycles. The van der Waals surface area contributed by atoms with Gasteiger partial charge in [-0.1, -0.05) is 18.2 Å². The second-order valence-corrected chi connectivity index (χ2v) is 7.63. The molecule has 1 saturated carbocycles. The van der Waals surface area contributed by atoms with Crippen molar-refractivity contribution in [3.05, 3.63) is 30.3 Å². The maximum absolute atomic E-state index is 11.9. The van der Waals surface area contributed by atoms with Crippen LogP contribution in [0.25, 0.3) is 11.5 Å². The topological polar surface area (TPSA) is 89.3 Å². The van der Waals surface area contributed by atoms with Crippen LogP contribution in [0.15, 0.2) is 34.9 Å². The fourth-order valence-electron chi connectivity index (χ4n) is 3.02. The lowest BCUT2D eigenvalue weighted by molar-refractivity contribution is 0.0492. The van der Waals surface area contributed by atoms with Gasteiger partial charge in [0.25, 0.3) is 11.8 Å². The average Bonchev–Trinajstić information content (AvgIpc) is 3.04. The van der Waals surface area contributed by atoms with E-state index in [1.165, 1.54) is 0 Å². The van der Waals surface area contributed by atoms with Crippen LogP contribution in [-0.4, -0.2) is 33.9 Å². The van der Waals surface area contributed by atoms with Gasteiger partial charge in [0.05, 0.1) is 0 Å². The van der Waals surface area contributed by atoms with Crippen molar-refractivity contribution >= 4 is 12.0 Å². The number of rotatable bonds is 4. The summed E-state index contributed by atoms with van der Waals surface area (Å²) in [6.07, 6.45) is 3.28. The van der Waals surface area contributed by atoms with Gasteiger partial charge in [-0.25, -0.2) is 4.79 Å². The van der Waals surface area contributed by atoms with Crippen molar-refractivity contribution in [2.24, 2.45) is 0 Å². The van der Waals surface area contributed by atoms with Crippen LogP contribution in [0, 0.1) is 0 Å². The molecular weight excluding hydrogens is 332 g/mol. The summed E-state index contributed by atoms with van der Waals surface area (Å²) < 4.78 is 10.6. The lowest BCUT2D eigenvalue weighted by Crippen LogP contribution is -2.42. The van der Waals surface area contributed by atoms with E-state index in [-0.39, 0.29) is 18.2 Å². The molecule has 0 spiro atoms. The summed E-state index contributed by atoms with van der Waals surface area (Å²) in [7, 11) is 0. The van der Waals surface area contributed by atoms with Crippen LogP contribution >= 0.6 is 0 Å². The Kier molecular flexibility index (Phi) is 5.44. The molecule has 7 nitrogen and oxygen atoms in total. The Hall–Kier alpha value is -2.57. The number of alkyl carbamates (subject to hydrolysis) is 1. The number of aromatic nitrogens is 2. The fourth-order valence-corrected chi connectivity index (χ4v) is 3.02. The Balaban J connectivity index is 1.46. The third-order valence-electron chi connectivity index (χ3n) is 4.23. The lowest BCUT2D eigenvalue weighted by atomic mass is 9.91. The molecule has 1 heterocycles. The van der Waals surface area contributed by atoms with E-state index < -0.39 is 5.60 Å². The molecule has 1 aliphatic rings. The Morgan fingerprint density at radius 1 is 1.12 bits per heavy atom. The number of ether oxygens (including phenoxy) is 1. The Labute approximate surface area is 153 Å². The second-order valence-electron chi connectivity index (χ2n) is 7.63. The predicted molar refractivity (Wildman–Crippen MR) is 98.8 cm³/mol. The van der Waals surface area contributed by atoms with Gasteiger partial charge < -0.3 is 19.9 Å². The average molecular weight is 358 g/mol. The maximum atomic E-state index is 11.9. The monoisotopic (exact) mass is 358 g/mol. The lowest BCUT2D eigenvalue weighted by Gasteiger charge is -2.30. The smallest absolute Gasteiger partial charge is 0.407 e. The zero-order valence-corrected chi connectivity index (χ0v) is 15.5. The molecule has 0 bridgehead atoms. The van der Waals surface area contributed by atoms with Crippen LogP contribution in [0.4, 0.5) is 10.7 Å². The largest absolute Gasteiger partial charge is 0.444 e. The molecule has 3 rings (SSSR count). The maximum Gasteiger partial charge on any atom is 0.407 e. The summed E-state index contributed by atoms with van der Waals surface area (Å²) in [6.45, 7) is 5.59. The van der Waals surface area contributed by atoms with E-state index >= 15 is 0 Å². The van der Waals surface area contributed by atoms with Gasteiger partial charge in [0.1, 0.15) is 5.60 Å². The van der Waals surface area contributed by atoms with Crippen LogP contribution < -0.4 is 10.6 Å². The summed E-state index contributed by atoms with van der Waals surface area (Å²) >= 11 is 0. The Morgan fingerprint density at radius 2 is 1.77 bits per heavy atom. The number of nitrogens with one attached hydrogen (secondary N) is 2. The minimum Gasteiger partial charge on any atom is -0.444 e. The van der Waals surface area contributed by atoms with Crippen LogP contribution in [0.1, 0.15) is 46.5 Å². The standard InChI is InChI=1S/C19H26N4O3/c1-19(2,3)25-18(24)21-15-11-9-14(10-12-15)20-17-22-16(26-23-17)13-7-5-4-6-8-13/h4-8,14-15H,9-12H2,1-3H3,(H,20,23)(H,21,24). The van der Waals surface area contributed by atoms with Crippen molar-refractivity contribution in [1.82, 2.24) is 15.5 Å². The van der Waals surface area contributed by atoms with Gasteiger partial charge in [-0.3, -0.25) is 0 Å². The highest BCUT2D eigenvalue weighted by Gasteiger charge is 2.25. The van der Waals surface area contributed by atoms with Gasteiger partial charge >= 0.3 is 6.09 Å². The van der Waals surface area contributed by atoms with Crippen LogP contribution in [0.3, 0.4) is 0 Å². The number of amides is 1. The molecule has 7 heteroatoms. The first-order valence-corrected chi connectivity index (χ1v) is 9.04. The van der Waals surface area contributed by atoms with Crippen LogP contribution in [-0.2, 0) is 4.74 Å². The summed E-state index contributed by atoms with van der Waals surface area (Å²) in [5, 5.41) is 10.3. The summed E-state index contributed by atoms with van der Waals surface area (Å²) in [5.41, 5.74) is 0.427. The van der Waals surface area contributed by atoms with E-state index in [0.717, 1.165) is 31.2 Å². The molecule has 0 aliphatic heterocycles. The minimum absolute atomic E-state index is 0.146. The van der Waals surface area contributed by atoms with E-state index in [1.807, 2.05) is 51.1 Å². The van der Waals surface area contributed by atoms with Gasteiger partial charge in [-0.2, -0.15) is 4.98 Å². The first-order valence-electron chi connectivity index (χ1n) is 9.04. The number of hydrogen-bond acceptors (Lipinski definition) is 6. The number of anilines is 1. The first kappa shape index (κ1) is 18.2. The second kappa shape index (κ2) is 7.76. The van der Waals surface area contributed by atoms with Crippen LogP contribution in [0.5, 0.6) is 0 Å². The SMILES string of the molecule is CC(C)(C)OC(=O)NC1CCC(Nc2noc(-c3ccccc3)n2)CC1. The zero-order chi connectivity index (χ0) is 18.6. The number of carbonyl (C=O) groups is 1. The highest BCUT2D eigenvalue weighted by Crippen LogP contribution is 2.23. The fraction of sp³-hybridized carbons (Fsp3) is 0.526. The number of hydrogen-bond donors (Lipinski definition) is 2. The molecule has 2 aromatic rings. The Bertz CT molecular complexity index is 716. The van der Waals surface area contributed by atoms with Gasteiger partial charge in [0.15, 0.2) is 0 Å². The molecule has 2 N–H and O–H groups in total. The summed E-state index contributed by atoms with van der Waals surface area (Å²) in [6, 6.07) is 10.1. The molecule has 0 unspecified atom stereocenters. The van der Waals surface area contributed by atoms with E-state index in [0.29, 0.717) is 11.8 Å². The first-order chi connectivity index (χ1) is 12.4. The van der Waals surface area contributed by atoms with Crippen molar-refractivity contribution in [1.29, 1.82) is 0 Å². The van der Waals surface area contributed by atoms with Gasteiger partial charge in [-0.05, 0) is 63.7 Å². The van der Waals surface area contributed by atoms with Crippen molar-refractivity contribution in [2.75, 3.05) is 5.32 Å². The molecule has 1 amide bonds. The molecule has 0 radical (unpaired) electrons. The molecule has 1 aromatic carbocycles. The van der Waals surface area contributed by atoms with Crippen molar-refractivity contribution in [2.45, 2.75) is 64.1 Å². The zero-order valence-electron chi connectivity index (χ0n) is 15.5. The Morgan fingerprint density at radius 3 is 2.42 bits per heavy atom. The van der Waals surface area contributed by atoms with E-state index in [2.05, 4.69) is 20.8 Å².